The number of benzene rings is 1. The molecule has 0 N–H and O–H groups in total. The molecule has 1 atom stereocenters. The largest absolute Gasteiger partial charge is 0.459 e. The first-order valence-corrected chi connectivity index (χ1v) is 6.75. The second-order valence-electron chi connectivity index (χ2n) is 4.94. The van der Waals surface area contributed by atoms with Crippen LogP contribution < -0.4 is 0 Å². The molecule has 2 heterocycles. The first-order valence-electron chi connectivity index (χ1n) is 6.75. The van der Waals surface area contributed by atoms with E-state index in [-0.39, 0.29) is 12.0 Å². The fourth-order valence-corrected chi connectivity index (χ4v) is 2.53. The summed E-state index contributed by atoms with van der Waals surface area (Å²) in [5, 5.41) is 0. The van der Waals surface area contributed by atoms with Gasteiger partial charge in [-0.3, -0.25) is 4.79 Å². The Bertz CT molecular complexity index is 592. The van der Waals surface area contributed by atoms with Gasteiger partial charge in [0.05, 0.1) is 19.4 Å². The fourth-order valence-electron chi connectivity index (χ4n) is 2.53. The molecule has 0 saturated carbocycles. The van der Waals surface area contributed by atoms with E-state index in [0.29, 0.717) is 25.5 Å². The average Bonchev–Trinajstić information content (AvgIpc) is 3.01. The minimum absolute atomic E-state index is 0.0659. The molecule has 104 valence electrons. The zero-order valence-electron chi connectivity index (χ0n) is 11.4. The molecule has 1 aliphatic rings. The van der Waals surface area contributed by atoms with Gasteiger partial charge in [-0.05, 0) is 30.2 Å². The number of hydrogen-bond donors (Lipinski definition) is 0. The van der Waals surface area contributed by atoms with E-state index in [2.05, 4.69) is 19.1 Å². The van der Waals surface area contributed by atoms with E-state index in [1.165, 1.54) is 11.8 Å². The van der Waals surface area contributed by atoms with Crippen LogP contribution in [-0.4, -0.2) is 30.5 Å². The molecule has 4 heteroatoms. The second kappa shape index (κ2) is 5.51. The third kappa shape index (κ3) is 2.47. The third-order valence-corrected chi connectivity index (χ3v) is 3.62. The Hall–Kier alpha value is -2.07. The number of carbonyl (C=O) groups excluding carboxylic acids is 1. The number of amides is 1. The number of aryl methyl sites for hydroxylation is 1. The summed E-state index contributed by atoms with van der Waals surface area (Å²) in [5.41, 5.74) is 2.33. The van der Waals surface area contributed by atoms with Crippen LogP contribution in [0.3, 0.4) is 0 Å². The maximum absolute atomic E-state index is 12.3. The molecule has 0 spiro atoms. The SMILES string of the molecule is Cc1ccccc1[C@@H]1CN(C(=O)c2ccco2)CCO1. The molecular weight excluding hydrogens is 254 g/mol. The summed E-state index contributed by atoms with van der Waals surface area (Å²) in [6, 6.07) is 11.5. The number of carbonyl (C=O) groups is 1. The number of hydrogen-bond acceptors (Lipinski definition) is 3. The quantitative estimate of drug-likeness (QED) is 0.843. The van der Waals surface area contributed by atoms with Gasteiger partial charge in [-0.1, -0.05) is 24.3 Å². The minimum atomic E-state index is -0.0723. The van der Waals surface area contributed by atoms with Crippen molar-refractivity contribution in [2.75, 3.05) is 19.7 Å². The molecule has 2 aromatic rings. The van der Waals surface area contributed by atoms with Crippen molar-refractivity contribution in [2.24, 2.45) is 0 Å². The van der Waals surface area contributed by atoms with Crippen molar-refractivity contribution in [1.82, 2.24) is 4.90 Å². The first-order chi connectivity index (χ1) is 9.75. The van der Waals surface area contributed by atoms with Crippen LogP contribution in [0.15, 0.2) is 47.1 Å². The second-order valence-corrected chi connectivity index (χ2v) is 4.94. The average molecular weight is 271 g/mol. The van der Waals surface area contributed by atoms with Gasteiger partial charge in [0.25, 0.3) is 5.91 Å². The van der Waals surface area contributed by atoms with Crippen molar-refractivity contribution < 1.29 is 13.9 Å². The van der Waals surface area contributed by atoms with Crippen LogP contribution in [-0.2, 0) is 4.74 Å². The van der Waals surface area contributed by atoms with E-state index in [0.717, 1.165) is 5.56 Å². The van der Waals surface area contributed by atoms with Gasteiger partial charge < -0.3 is 14.1 Å². The van der Waals surface area contributed by atoms with Gasteiger partial charge >= 0.3 is 0 Å². The van der Waals surface area contributed by atoms with Crippen LogP contribution in [0, 0.1) is 6.92 Å². The predicted molar refractivity (Wildman–Crippen MR) is 74.5 cm³/mol. The molecule has 0 unspecified atom stereocenters. The van der Waals surface area contributed by atoms with Crippen molar-refractivity contribution in [2.45, 2.75) is 13.0 Å². The molecule has 1 fully saturated rings. The van der Waals surface area contributed by atoms with Gasteiger partial charge in [0, 0.05) is 6.54 Å². The Kier molecular flexibility index (Phi) is 3.56. The van der Waals surface area contributed by atoms with Crippen LogP contribution in [0.4, 0.5) is 0 Å². The number of ether oxygens (including phenoxy) is 1. The van der Waals surface area contributed by atoms with Crippen LogP contribution in [0.1, 0.15) is 27.8 Å². The summed E-state index contributed by atoms with van der Waals surface area (Å²) in [7, 11) is 0. The topological polar surface area (TPSA) is 42.7 Å². The van der Waals surface area contributed by atoms with E-state index in [4.69, 9.17) is 9.15 Å². The highest BCUT2D eigenvalue weighted by Crippen LogP contribution is 2.25. The normalized spacial score (nSPS) is 19.1. The van der Waals surface area contributed by atoms with Crippen LogP contribution in [0.2, 0.25) is 0 Å². The third-order valence-electron chi connectivity index (χ3n) is 3.62. The van der Waals surface area contributed by atoms with Gasteiger partial charge in [-0.2, -0.15) is 0 Å². The molecule has 4 nitrogen and oxygen atoms in total. The Balaban J connectivity index is 1.77. The lowest BCUT2D eigenvalue weighted by Crippen LogP contribution is -2.42. The van der Waals surface area contributed by atoms with Crippen molar-refractivity contribution >= 4 is 5.91 Å². The monoisotopic (exact) mass is 271 g/mol. The van der Waals surface area contributed by atoms with Gasteiger partial charge in [-0.25, -0.2) is 0 Å². The van der Waals surface area contributed by atoms with Crippen LogP contribution in [0.5, 0.6) is 0 Å². The standard InChI is InChI=1S/C16H17NO3/c1-12-5-2-3-6-13(12)15-11-17(8-10-20-15)16(18)14-7-4-9-19-14/h2-7,9,15H,8,10-11H2,1H3/t15-/m0/s1. The van der Waals surface area contributed by atoms with Crippen molar-refractivity contribution in [1.29, 1.82) is 0 Å². The van der Waals surface area contributed by atoms with Crippen molar-refractivity contribution in [3.63, 3.8) is 0 Å². The van der Waals surface area contributed by atoms with E-state index in [1.807, 2.05) is 12.1 Å². The highest BCUT2D eigenvalue weighted by atomic mass is 16.5. The number of morpholine rings is 1. The lowest BCUT2D eigenvalue weighted by Gasteiger charge is -2.33. The number of nitrogens with zero attached hydrogens (tertiary/aromatic N) is 1. The summed E-state index contributed by atoms with van der Waals surface area (Å²) in [6.45, 7) is 3.77. The van der Waals surface area contributed by atoms with Crippen LogP contribution >= 0.6 is 0 Å². The zero-order chi connectivity index (χ0) is 13.9. The summed E-state index contributed by atoms with van der Waals surface area (Å²) >= 11 is 0. The highest BCUT2D eigenvalue weighted by molar-refractivity contribution is 5.91. The van der Waals surface area contributed by atoms with E-state index in [9.17, 15) is 4.79 Å². The Labute approximate surface area is 118 Å². The van der Waals surface area contributed by atoms with Gasteiger partial charge in [0.1, 0.15) is 6.10 Å². The molecular formula is C16H17NO3. The zero-order valence-corrected chi connectivity index (χ0v) is 11.4. The summed E-state index contributed by atoms with van der Waals surface area (Å²) in [5.74, 6) is 0.312. The molecule has 20 heavy (non-hydrogen) atoms. The molecule has 1 aromatic heterocycles. The number of furan rings is 1. The first kappa shape index (κ1) is 12.9. The van der Waals surface area contributed by atoms with E-state index < -0.39 is 0 Å². The molecule has 1 aromatic carbocycles. The molecule has 3 rings (SSSR count). The number of rotatable bonds is 2. The van der Waals surface area contributed by atoms with Crippen molar-refractivity contribution in [3.05, 3.63) is 59.5 Å². The highest BCUT2D eigenvalue weighted by Gasteiger charge is 2.27. The summed E-state index contributed by atoms with van der Waals surface area (Å²) < 4.78 is 11.0. The Morgan fingerprint density at radius 1 is 1.25 bits per heavy atom. The molecule has 0 aliphatic carbocycles. The molecule has 1 aliphatic heterocycles. The summed E-state index contributed by atoms with van der Waals surface area (Å²) in [4.78, 5) is 14.1. The van der Waals surface area contributed by atoms with Crippen molar-refractivity contribution in [3.8, 4) is 0 Å². The maximum Gasteiger partial charge on any atom is 0.289 e. The maximum atomic E-state index is 12.3. The van der Waals surface area contributed by atoms with Gasteiger partial charge in [-0.15, -0.1) is 0 Å². The van der Waals surface area contributed by atoms with Gasteiger partial charge in [0.2, 0.25) is 0 Å². The fraction of sp³-hybridized carbons (Fsp3) is 0.312. The minimum Gasteiger partial charge on any atom is -0.459 e. The predicted octanol–water partition coefficient (Wildman–Crippen LogP) is 2.80. The smallest absolute Gasteiger partial charge is 0.289 e. The molecule has 0 bridgehead atoms. The Morgan fingerprint density at radius 2 is 2.10 bits per heavy atom. The molecule has 1 saturated heterocycles. The summed E-state index contributed by atoms with van der Waals surface area (Å²) in [6.07, 6.45) is 1.45. The molecule has 1 amide bonds. The van der Waals surface area contributed by atoms with E-state index in [1.54, 1.807) is 17.0 Å². The Morgan fingerprint density at radius 3 is 2.85 bits per heavy atom. The van der Waals surface area contributed by atoms with Gasteiger partial charge in [0.15, 0.2) is 5.76 Å². The lowest BCUT2D eigenvalue weighted by atomic mass is 10.0. The van der Waals surface area contributed by atoms with E-state index >= 15 is 0 Å². The van der Waals surface area contributed by atoms with Crippen LogP contribution in [0.25, 0.3) is 0 Å². The molecule has 0 radical (unpaired) electrons. The lowest BCUT2D eigenvalue weighted by molar-refractivity contribution is -0.0240.